The summed E-state index contributed by atoms with van der Waals surface area (Å²) in [4.78, 5) is 18.6. The van der Waals surface area contributed by atoms with E-state index in [0.717, 1.165) is 44.0 Å². The molecule has 0 bridgehead atoms. The van der Waals surface area contributed by atoms with E-state index in [2.05, 4.69) is 78.2 Å². The third-order valence-electron chi connectivity index (χ3n) is 8.87. The highest BCUT2D eigenvalue weighted by molar-refractivity contribution is 6.30. The Morgan fingerprint density at radius 1 is 0.895 bits per heavy atom. The van der Waals surface area contributed by atoms with Gasteiger partial charge in [-0.1, -0.05) is 83.9 Å². The average molecular weight is 529 g/mol. The second-order valence-corrected chi connectivity index (χ2v) is 11.9. The van der Waals surface area contributed by atoms with E-state index in [9.17, 15) is 4.79 Å². The monoisotopic (exact) mass is 528 g/mol. The van der Waals surface area contributed by atoms with Crippen LogP contribution in [0.2, 0.25) is 5.02 Å². The lowest BCUT2D eigenvalue weighted by Gasteiger charge is -2.47. The SMILES string of the molecule is Cc1cccc(C2CCN(C(=O)Cc3cccc(Cl)c3)C(C(C)N3CCC(Cc4ccccc4)CC3)C2)c1. The molecule has 0 spiro atoms. The first-order valence-electron chi connectivity index (χ1n) is 14.3. The molecule has 2 heterocycles. The number of likely N-dealkylation sites (tertiary alicyclic amines) is 2. The second kappa shape index (κ2) is 12.5. The largest absolute Gasteiger partial charge is 0.338 e. The van der Waals surface area contributed by atoms with Gasteiger partial charge >= 0.3 is 0 Å². The van der Waals surface area contributed by atoms with Crippen molar-refractivity contribution in [2.45, 2.75) is 70.4 Å². The number of rotatable bonds is 7. The number of aryl methyl sites for hydroxylation is 1. The van der Waals surface area contributed by atoms with Crippen molar-refractivity contribution in [3.05, 3.63) is 106 Å². The van der Waals surface area contributed by atoms with E-state index in [4.69, 9.17) is 11.6 Å². The number of amides is 1. The standard InChI is InChI=1S/C34H41ClN2O/c1-25-8-6-12-30(20-25)31-16-19-37(34(38)23-29-11-7-13-32(35)22-29)33(24-31)26(2)36-17-14-28(15-18-36)21-27-9-4-3-5-10-27/h3-13,20,22,26,28,31,33H,14-19,21,23-24H2,1-2H3. The Bertz CT molecular complexity index is 1200. The van der Waals surface area contributed by atoms with Crippen molar-refractivity contribution in [2.24, 2.45) is 5.92 Å². The lowest BCUT2D eigenvalue weighted by atomic mass is 9.81. The maximum atomic E-state index is 13.7. The Morgan fingerprint density at radius 2 is 1.63 bits per heavy atom. The molecule has 200 valence electrons. The van der Waals surface area contributed by atoms with Gasteiger partial charge in [0.2, 0.25) is 5.91 Å². The van der Waals surface area contributed by atoms with Gasteiger partial charge in [0, 0.05) is 23.7 Å². The molecule has 1 amide bonds. The van der Waals surface area contributed by atoms with E-state index in [0.29, 0.717) is 23.4 Å². The van der Waals surface area contributed by atoms with Crippen LogP contribution >= 0.6 is 11.6 Å². The number of nitrogens with zero attached hydrogens (tertiary/aromatic N) is 2. The van der Waals surface area contributed by atoms with Crippen LogP contribution in [0.25, 0.3) is 0 Å². The Balaban J connectivity index is 1.29. The van der Waals surface area contributed by atoms with Crippen molar-refractivity contribution < 1.29 is 4.79 Å². The van der Waals surface area contributed by atoms with Crippen molar-refractivity contribution >= 4 is 17.5 Å². The zero-order valence-electron chi connectivity index (χ0n) is 22.9. The summed E-state index contributed by atoms with van der Waals surface area (Å²) in [5.74, 6) is 1.46. The van der Waals surface area contributed by atoms with Crippen molar-refractivity contribution in [2.75, 3.05) is 19.6 Å². The van der Waals surface area contributed by atoms with Crippen molar-refractivity contribution in [3.8, 4) is 0 Å². The number of hydrogen-bond donors (Lipinski definition) is 0. The molecule has 2 aliphatic heterocycles. The molecule has 4 heteroatoms. The molecule has 0 aromatic heterocycles. The zero-order chi connectivity index (χ0) is 26.5. The summed E-state index contributed by atoms with van der Waals surface area (Å²) < 4.78 is 0. The smallest absolute Gasteiger partial charge is 0.227 e. The molecule has 3 nitrogen and oxygen atoms in total. The van der Waals surface area contributed by atoms with Gasteiger partial charge in [-0.15, -0.1) is 0 Å². The lowest BCUT2D eigenvalue weighted by Crippen LogP contribution is -2.57. The minimum absolute atomic E-state index is 0.214. The van der Waals surface area contributed by atoms with Crippen LogP contribution < -0.4 is 0 Å². The summed E-state index contributed by atoms with van der Waals surface area (Å²) in [6.07, 6.45) is 6.08. The van der Waals surface area contributed by atoms with Gasteiger partial charge in [0.15, 0.2) is 0 Å². The van der Waals surface area contributed by atoms with Crippen LogP contribution in [-0.4, -0.2) is 47.4 Å². The molecule has 3 atom stereocenters. The summed E-state index contributed by atoms with van der Waals surface area (Å²) >= 11 is 6.23. The molecule has 2 fully saturated rings. The van der Waals surface area contributed by atoms with Crippen LogP contribution in [0.1, 0.15) is 60.8 Å². The first kappa shape index (κ1) is 27.0. The molecule has 0 aliphatic carbocycles. The van der Waals surface area contributed by atoms with Gasteiger partial charge in [-0.25, -0.2) is 0 Å². The topological polar surface area (TPSA) is 23.6 Å². The first-order valence-corrected chi connectivity index (χ1v) is 14.7. The van der Waals surface area contributed by atoms with Crippen LogP contribution in [0.3, 0.4) is 0 Å². The number of benzene rings is 3. The predicted octanol–water partition coefficient (Wildman–Crippen LogP) is 7.31. The van der Waals surface area contributed by atoms with Gasteiger partial charge in [-0.05, 0) is 99.7 Å². The number of carbonyl (C=O) groups is 1. The number of hydrogen-bond acceptors (Lipinski definition) is 2. The maximum absolute atomic E-state index is 13.7. The average Bonchev–Trinajstić information content (AvgIpc) is 2.93. The third kappa shape index (κ3) is 6.68. The molecular weight excluding hydrogens is 488 g/mol. The van der Waals surface area contributed by atoms with E-state index < -0.39 is 0 Å². The fourth-order valence-corrected chi connectivity index (χ4v) is 6.88. The lowest BCUT2D eigenvalue weighted by molar-refractivity contribution is -0.136. The molecule has 3 aromatic rings. The molecule has 2 aliphatic rings. The highest BCUT2D eigenvalue weighted by Gasteiger charge is 2.38. The first-order chi connectivity index (χ1) is 18.5. The van der Waals surface area contributed by atoms with Crippen LogP contribution in [-0.2, 0) is 17.6 Å². The molecule has 2 saturated heterocycles. The molecule has 3 unspecified atom stereocenters. The van der Waals surface area contributed by atoms with Gasteiger partial charge < -0.3 is 4.90 Å². The highest BCUT2D eigenvalue weighted by Crippen LogP contribution is 2.36. The Morgan fingerprint density at radius 3 is 2.37 bits per heavy atom. The van der Waals surface area contributed by atoms with Crippen molar-refractivity contribution in [1.82, 2.24) is 9.80 Å². The van der Waals surface area contributed by atoms with Gasteiger partial charge in [0.1, 0.15) is 0 Å². The molecule has 0 N–H and O–H groups in total. The van der Waals surface area contributed by atoms with E-state index in [1.165, 1.54) is 36.0 Å². The predicted molar refractivity (Wildman–Crippen MR) is 158 cm³/mol. The number of carbonyl (C=O) groups excluding carboxylic acids is 1. The Hall–Kier alpha value is -2.62. The summed E-state index contributed by atoms with van der Waals surface area (Å²) in [6.45, 7) is 7.58. The number of piperidine rings is 2. The minimum Gasteiger partial charge on any atom is -0.338 e. The van der Waals surface area contributed by atoms with Gasteiger partial charge in [-0.2, -0.15) is 0 Å². The molecule has 3 aromatic carbocycles. The fraction of sp³-hybridized carbons (Fsp3) is 0.441. The Labute approximate surface area is 233 Å². The second-order valence-electron chi connectivity index (χ2n) is 11.5. The van der Waals surface area contributed by atoms with Gasteiger partial charge in [-0.3, -0.25) is 9.69 Å². The minimum atomic E-state index is 0.214. The zero-order valence-corrected chi connectivity index (χ0v) is 23.6. The third-order valence-corrected chi connectivity index (χ3v) is 9.11. The summed E-state index contributed by atoms with van der Waals surface area (Å²) in [7, 11) is 0. The van der Waals surface area contributed by atoms with Crippen molar-refractivity contribution in [3.63, 3.8) is 0 Å². The van der Waals surface area contributed by atoms with Crippen LogP contribution in [0.4, 0.5) is 0 Å². The quantitative estimate of drug-likeness (QED) is 0.321. The molecule has 0 saturated carbocycles. The Kier molecular flexibility index (Phi) is 8.86. The van der Waals surface area contributed by atoms with E-state index >= 15 is 0 Å². The summed E-state index contributed by atoms with van der Waals surface area (Å²) in [6, 6.07) is 28.2. The van der Waals surface area contributed by atoms with E-state index in [-0.39, 0.29) is 11.9 Å². The number of halogens is 1. The summed E-state index contributed by atoms with van der Waals surface area (Å²) in [5.41, 5.74) is 5.18. The van der Waals surface area contributed by atoms with E-state index in [1.807, 2.05) is 24.3 Å². The summed E-state index contributed by atoms with van der Waals surface area (Å²) in [5, 5.41) is 0.691. The maximum Gasteiger partial charge on any atom is 0.227 e. The molecule has 0 radical (unpaired) electrons. The highest BCUT2D eigenvalue weighted by atomic mass is 35.5. The van der Waals surface area contributed by atoms with Crippen molar-refractivity contribution in [1.29, 1.82) is 0 Å². The molecular formula is C34H41ClN2O. The van der Waals surface area contributed by atoms with Crippen LogP contribution in [0.5, 0.6) is 0 Å². The normalized spacial score (nSPS) is 21.8. The van der Waals surface area contributed by atoms with Gasteiger partial charge in [0.25, 0.3) is 0 Å². The van der Waals surface area contributed by atoms with E-state index in [1.54, 1.807) is 0 Å². The van der Waals surface area contributed by atoms with Gasteiger partial charge in [0.05, 0.1) is 6.42 Å². The van der Waals surface area contributed by atoms with Crippen LogP contribution in [0, 0.1) is 12.8 Å². The fourth-order valence-electron chi connectivity index (χ4n) is 6.67. The molecule has 5 rings (SSSR count). The molecule has 38 heavy (non-hydrogen) atoms. The van der Waals surface area contributed by atoms with Crippen LogP contribution in [0.15, 0.2) is 78.9 Å².